The molecule has 6 heteroatoms. The Labute approximate surface area is 126 Å². The molecule has 0 radical (unpaired) electrons. The summed E-state index contributed by atoms with van der Waals surface area (Å²) in [5, 5.41) is 3.75. The van der Waals surface area contributed by atoms with Crippen molar-refractivity contribution in [3.8, 4) is 0 Å². The summed E-state index contributed by atoms with van der Waals surface area (Å²) < 4.78 is 38.8. The molecule has 22 heavy (non-hydrogen) atoms. The molecule has 3 nitrogen and oxygen atoms in total. The number of ketones is 1. The number of nitrogens with one attached hydrogen (secondary N) is 1. The third-order valence-corrected chi connectivity index (χ3v) is 3.07. The minimum Gasteiger partial charge on any atom is -0.305 e. The number of halogens is 3. The molecule has 0 saturated heterocycles. The molecule has 0 aliphatic rings. The number of nitrogens with zero attached hydrogens (tertiary/aromatic N) is 1. The number of alkyl halides is 3. The van der Waals surface area contributed by atoms with E-state index in [2.05, 4.69) is 10.3 Å². The lowest BCUT2D eigenvalue weighted by Gasteiger charge is -2.20. The van der Waals surface area contributed by atoms with E-state index in [4.69, 9.17) is 0 Å². The average Bonchev–Trinajstić information content (AvgIpc) is 2.41. The Kier molecular flexibility index (Phi) is 4.24. The molecule has 0 saturated carbocycles. The summed E-state index contributed by atoms with van der Waals surface area (Å²) in [6, 6.07) is 7.41. The molecule has 2 aromatic rings. The lowest BCUT2D eigenvalue weighted by Crippen LogP contribution is -2.39. The second-order valence-corrected chi connectivity index (χ2v) is 6.10. The van der Waals surface area contributed by atoms with Gasteiger partial charge in [-0.05, 0) is 32.2 Å². The first kappa shape index (κ1) is 16.4. The highest BCUT2D eigenvalue weighted by Crippen LogP contribution is 2.31. The molecule has 1 aromatic heterocycles. The van der Waals surface area contributed by atoms with E-state index in [0.29, 0.717) is 10.8 Å². The fourth-order valence-corrected chi connectivity index (χ4v) is 1.99. The average molecular weight is 310 g/mol. The standard InChI is InChI=1S/C16H17F3N2O/c1-15(2,3)20-9-12(22)14-11-7-5-4-6-10(11)8-13(21-14)16(17,18)19/h4-8,20H,9H2,1-3H3. The lowest BCUT2D eigenvalue weighted by atomic mass is 10.0. The number of carbonyl (C=O) groups excluding carboxylic acids is 1. The Bertz CT molecular complexity index is 703. The van der Waals surface area contributed by atoms with Gasteiger partial charge in [-0.15, -0.1) is 0 Å². The van der Waals surface area contributed by atoms with Gasteiger partial charge in [-0.1, -0.05) is 24.3 Å². The minimum absolute atomic E-state index is 0.0677. The van der Waals surface area contributed by atoms with E-state index >= 15 is 0 Å². The Morgan fingerprint density at radius 2 is 1.82 bits per heavy atom. The van der Waals surface area contributed by atoms with Gasteiger partial charge in [0.25, 0.3) is 0 Å². The largest absolute Gasteiger partial charge is 0.433 e. The van der Waals surface area contributed by atoms with Crippen LogP contribution in [0.15, 0.2) is 30.3 Å². The van der Waals surface area contributed by atoms with Crippen LogP contribution in [0.2, 0.25) is 0 Å². The molecule has 0 aliphatic heterocycles. The maximum absolute atomic E-state index is 12.9. The van der Waals surface area contributed by atoms with Gasteiger partial charge in [0.05, 0.1) is 6.54 Å². The van der Waals surface area contributed by atoms with Gasteiger partial charge in [0, 0.05) is 10.9 Å². The van der Waals surface area contributed by atoms with Crippen LogP contribution in [0.4, 0.5) is 13.2 Å². The minimum atomic E-state index is -4.59. The molecule has 0 aliphatic carbocycles. The molecule has 1 heterocycles. The second-order valence-electron chi connectivity index (χ2n) is 6.10. The first-order chi connectivity index (χ1) is 10.1. The summed E-state index contributed by atoms with van der Waals surface area (Å²) in [5.41, 5.74) is -1.51. The molecule has 1 aromatic carbocycles. The summed E-state index contributed by atoms with van der Waals surface area (Å²) in [7, 11) is 0. The fourth-order valence-electron chi connectivity index (χ4n) is 1.99. The van der Waals surface area contributed by atoms with Crippen molar-refractivity contribution in [2.45, 2.75) is 32.5 Å². The highest BCUT2D eigenvalue weighted by molar-refractivity contribution is 6.07. The number of fused-ring (bicyclic) bond motifs is 1. The Morgan fingerprint density at radius 3 is 2.41 bits per heavy atom. The summed E-state index contributed by atoms with van der Waals surface area (Å²) in [6.45, 7) is 5.55. The molecule has 0 fully saturated rings. The number of hydrogen-bond donors (Lipinski definition) is 1. The molecule has 0 unspecified atom stereocenters. The third kappa shape index (κ3) is 3.82. The SMILES string of the molecule is CC(C)(C)NCC(=O)c1nc(C(F)(F)F)cc2ccccc12. The van der Waals surface area contributed by atoms with Crippen LogP contribution < -0.4 is 5.32 Å². The molecule has 1 N–H and O–H groups in total. The van der Waals surface area contributed by atoms with Crippen molar-refractivity contribution in [1.29, 1.82) is 0 Å². The van der Waals surface area contributed by atoms with Crippen molar-refractivity contribution >= 4 is 16.6 Å². The number of pyridine rings is 1. The van der Waals surface area contributed by atoms with E-state index < -0.39 is 17.7 Å². The van der Waals surface area contributed by atoms with E-state index in [0.717, 1.165) is 6.07 Å². The lowest BCUT2D eigenvalue weighted by molar-refractivity contribution is -0.141. The number of Topliss-reactive ketones (excluding diaryl/α,β-unsaturated/α-hetero) is 1. The Hall–Kier alpha value is -1.95. The number of rotatable bonds is 3. The quantitative estimate of drug-likeness (QED) is 0.876. The van der Waals surface area contributed by atoms with Crippen LogP contribution in [-0.2, 0) is 6.18 Å². The normalized spacial score (nSPS) is 12.6. The molecule has 0 spiro atoms. The zero-order valence-electron chi connectivity index (χ0n) is 12.6. The van der Waals surface area contributed by atoms with Crippen molar-refractivity contribution < 1.29 is 18.0 Å². The van der Waals surface area contributed by atoms with Crippen LogP contribution in [-0.4, -0.2) is 22.9 Å². The zero-order chi connectivity index (χ0) is 16.5. The summed E-state index contributed by atoms with van der Waals surface area (Å²) in [4.78, 5) is 15.9. The summed E-state index contributed by atoms with van der Waals surface area (Å²) in [5.74, 6) is -0.461. The number of hydrogen-bond acceptors (Lipinski definition) is 3. The van der Waals surface area contributed by atoms with Crippen LogP contribution in [0, 0.1) is 0 Å². The Morgan fingerprint density at radius 1 is 1.18 bits per heavy atom. The number of carbonyl (C=O) groups is 1. The van der Waals surface area contributed by atoms with Gasteiger partial charge in [-0.3, -0.25) is 4.79 Å². The van der Waals surface area contributed by atoms with Crippen LogP contribution in [0.3, 0.4) is 0 Å². The Balaban J connectivity index is 2.49. The molecule has 0 amide bonds. The van der Waals surface area contributed by atoms with Gasteiger partial charge in [0.2, 0.25) is 0 Å². The van der Waals surface area contributed by atoms with E-state index in [1.807, 2.05) is 20.8 Å². The van der Waals surface area contributed by atoms with Crippen LogP contribution in [0.5, 0.6) is 0 Å². The molecular weight excluding hydrogens is 293 g/mol. The summed E-state index contributed by atoms with van der Waals surface area (Å²) in [6.07, 6.45) is -4.59. The van der Waals surface area contributed by atoms with E-state index in [1.165, 1.54) is 0 Å². The van der Waals surface area contributed by atoms with Crippen LogP contribution >= 0.6 is 0 Å². The predicted octanol–water partition coefficient (Wildman–Crippen LogP) is 3.82. The molecule has 2 rings (SSSR count). The highest BCUT2D eigenvalue weighted by atomic mass is 19.4. The van der Waals surface area contributed by atoms with Crippen molar-refractivity contribution in [2.24, 2.45) is 0 Å². The number of benzene rings is 1. The van der Waals surface area contributed by atoms with Gasteiger partial charge in [-0.2, -0.15) is 13.2 Å². The molecule has 0 atom stereocenters. The third-order valence-electron chi connectivity index (χ3n) is 3.07. The van der Waals surface area contributed by atoms with Crippen LogP contribution in [0.25, 0.3) is 10.8 Å². The van der Waals surface area contributed by atoms with E-state index in [9.17, 15) is 18.0 Å². The molecule has 0 bridgehead atoms. The van der Waals surface area contributed by atoms with Crippen molar-refractivity contribution in [3.63, 3.8) is 0 Å². The highest BCUT2D eigenvalue weighted by Gasteiger charge is 2.34. The first-order valence-corrected chi connectivity index (χ1v) is 6.83. The van der Waals surface area contributed by atoms with Gasteiger partial charge in [0.15, 0.2) is 5.78 Å². The maximum Gasteiger partial charge on any atom is 0.433 e. The van der Waals surface area contributed by atoms with Crippen molar-refractivity contribution in [1.82, 2.24) is 10.3 Å². The van der Waals surface area contributed by atoms with E-state index in [-0.39, 0.29) is 17.8 Å². The second kappa shape index (κ2) is 5.68. The van der Waals surface area contributed by atoms with Crippen LogP contribution in [0.1, 0.15) is 37.0 Å². The maximum atomic E-state index is 12.9. The summed E-state index contributed by atoms with van der Waals surface area (Å²) >= 11 is 0. The van der Waals surface area contributed by atoms with Crippen molar-refractivity contribution in [3.05, 3.63) is 41.7 Å². The first-order valence-electron chi connectivity index (χ1n) is 6.83. The topological polar surface area (TPSA) is 42.0 Å². The van der Waals surface area contributed by atoms with Gasteiger partial charge in [0.1, 0.15) is 11.4 Å². The van der Waals surface area contributed by atoms with Gasteiger partial charge in [-0.25, -0.2) is 4.98 Å². The van der Waals surface area contributed by atoms with Crippen molar-refractivity contribution in [2.75, 3.05) is 6.54 Å². The fraction of sp³-hybridized carbons (Fsp3) is 0.375. The predicted molar refractivity (Wildman–Crippen MR) is 78.8 cm³/mol. The van der Waals surface area contributed by atoms with Gasteiger partial charge < -0.3 is 5.32 Å². The smallest absolute Gasteiger partial charge is 0.305 e. The zero-order valence-corrected chi connectivity index (χ0v) is 12.6. The van der Waals surface area contributed by atoms with E-state index in [1.54, 1.807) is 24.3 Å². The molecule has 118 valence electrons. The monoisotopic (exact) mass is 310 g/mol. The number of aromatic nitrogens is 1. The van der Waals surface area contributed by atoms with Gasteiger partial charge >= 0.3 is 6.18 Å². The molecular formula is C16H17F3N2O.